The minimum absolute atomic E-state index is 0.0696. The zero-order valence-corrected chi connectivity index (χ0v) is 29.1. The van der Waals surface area contributed by atoms with E-state index in [0.717, 1.165) is 39.4 Å². The van der Waals surface area contributed by atoms with E-state index in [1.165, 1.54) is 37.3 Å². The highest BCUT2D eigenvalue weighted by molar-refractivity contribution is 7.92. The third-order valence-electron chi connectivity index (χ3n) is 8.01. The predicted octanol–water partition coefficient (Wildman–Crippen LogP) is 6.07. The summed E-state index contributed by atoms with van der Waals surface area (Å²) in [5.74, 6) is -0.203. The highest BCUT2D eigenvalue weighted by Gasteiger charge is 2.35. The quantitative estimate of drug-likeness (QED) is 0.145. The monoisotopic (exact) mass is 671 g/mol. The van der Waals surface area contributed by atoms with Gasteiger partial charge in [-0.3, -0.25) is 13.9 Å². The zero-order valence-electron chi connectivity index (χ0n) is 28.3. The predicted molar refractivity (Wildman–Crippen MR) is 189 cm³/mol. The fraction of sp³-hybridized carbons (Fsp3) is 0.316. The minimum atomic E-state index is -4.32. The highest BCUT2D eigenvalue weighted by Crippen LogP contribution is 2.33. The van der Waals surface area contributed by atoms with Gasteiger partial charge in [-0.1, -0.05) is 80.1 Å². The van der Waals surface area contributed by atoms with Gasteiger partial charge in [-0.15, -0.1) is 0 Å². The largest absolute Gasteiger partial charge is 0.493 e. The third-order valence-corrected chi connectivity index (χ3v) is 9.78. The molecule has 0 fully saturated rings. The van der Waals surface area contributed by atoms with Crippen LogP contribution in [0.25, 0.3) is 0 Å². The molecule has 0 spiro atoms. The van der Waals surface area contributed by atoms with Gasteiger partial charge >= 0.3 is 0 Å². The first-order valence-corrected chi connectivity index (χ1v) is 17.5. The number of ether oxygens (including phenoxy) is 2. The second-order valence-electron chi connectivity index (χ2n) is 11.7. The molecule has 0 saturated carbocycles. The van der Waals surface area contributed by atoms with Crippen molar-refractivity contribution in [2.45, 2.75) is 57.5 Å². The molecule has 4 aromatic carbocycles. The molecule has 0 aliphatic heterocycles. The molecular formula is C38H45N3O6S. The van der Waals surface area contributed by atoms with E-state index >= 15 is 0 Å². The molecule has 0 unspecified atom stereocenters. The maximum Gasteiger partial charge on any atom is 0.264 e. The van der Waals surface area contributed by atoms with E-state index in [-0.39, 0.29) is 29.5 Å². The Kier molecular flexibility index (Phi) is 12.6. The number of hydrogen-bond donors (Lipinski definition) is 1. The Morgan fingerprint density at radius 2 is 1.40 bits per heavy atom. The molecule has 0 aliphatic carbocycles. The summed E-state index contributed by atoms with van der Waals surface area (Å²) >= 11 is 0. The van der Waals surface area contributed by atoms with E-state index in [9.17, 15) is 18.0 Å². The van der Waals surface area contributed by atoms with Gasteiger partial charge < -0.3 is 19.7 Å². The molecule has 2 amide bonds. The van der Waals surface area contributed by atoms with E-state index in [2.05, 4.69) is 5.32 Å². The van der Waals surface area contributed by atoms with Gasteiger partial charge in [0.05, 0.1) is 24.8 Å². The molecule has 9 nitrogen and oxygen atoms in total. The van der Waals surface area contributed by atoms with Crippen LogP contribution in [0, 0.1) is 13.8 Å². The van der Waals surface area contributed by atoms with Crippen molar-refractivity contribution in [1.82, 2.24) is 10.2 Å². The second kappa shape index (κ2) is 16.8. The van der Waals surface area contributed by atoms with Crippen LogP contribution in [-0.2, 0) is 32.6 Å². The second-order valence-corrected chi connectivity index (χ2v) is 13.6. The van der Waals surface area contributed by atoms with Crippen LogP contribution < -0.4 is 19.1 Å². The molecule has 0 aromatic heterocycles. The summed E-state index contributed by atoms with van der Waals surface area (Å²) in [6.45, 7) is 5.82. The van der Waals surface area contributed by atoms with Gasteiger partial charge in [0.1, 0.15) is 12.6 Å². The summed E-state index contributed by atoms with van der Waals surface area (Å²) in [6.07, 6.45) is 1.94. The first-order chi connectivity index (χ1) is 23.1. The summed E-state index contributed by atoms with van der Waals surface area (Å²) in [7, 11) is -1.42. The summed E-state index contributed by atoms with van der Waals surface area (Å²) in [6, 6.07) is 27.7. The highest BCUT2D eigenvalue weighted by atomic mass is 32.2. The molecule has 0 radical (unpaired) electrons. The molecule has 0 bridgehead atoms. The number of methoxy groups -OCH3 is 2. The van der Waals surface area contributed by atoms with Crippen molar-refractivity contribution >= 4 is 27.5 Å². The Morgan fingerprint density at radius 3 is 1.98 bits per heavy atom. The lowest BCUT2D eigenvalue weighted by Crippen LogP contribution is -2.53. The molecule has 1 N–H and O–H groups in total. The van der Waals surface area contributed by atoms with E-state index in [1.807, 2.05) is 87.5 Å². The van der Waals surface area contributed by atoms with Crippen LogP contribution in [0.1, 0.15) is 42.0 Å². The maximum atomic E-state index is 14.7. The Morgan fingerprint density at radius 1 is 0.792 bits per heavy atom. The lowest BCUT2D eigenvalue weighted by molar-refractivity contribution is -0.140. The molecule has 254 valence electrons. The fourth-order valence-corrected chi connectivity index (χ4v) is 6.98. The molecule has 0 aliphatic rings. The average molecular weight is 672 g/mol. The summed E-state index contributed by atoms with van der Waals surface area (Å²) in [5, 5.41) is 3.01. The standard InChI is InChI=1S/C38H45N3O6S/c1-6-7-20-39-38(43)34(24-30-14-10-8-11-15-30)40(26-31-16-12-9-13-17-31)37(42)27-41(32-22-28(2)21-29(3)23-32)48(44,45)33-18-19-35(46-4)36(25-33)47-5/h8-19,21-23,25,34H,6-7,20,24,26-27H2,1-5H3,(H,39,43)/t34-/m0/s1. The summed E-state index contributed by atoms with van der Waals surface area (Å²) in [4.78, 5) is 30.0. The van der Waals surface area contributed by atoms with Crippen LogP contribution in [0.2, 0.25) is 0 Å². The van der Waals surface area contributed by atoms with Crippen molar-refractivity contribution in [1.29, 1.82) is 0 Å². The molecular weight excluding hydrogens is 627 g/mol. The van der Waals surface area contributed by atoms with Crippen LogP contribution in [0.4, 0.5) is 5.69 Å². The van der Waals surface area contributed by atoms with E-state index in [1.54, 1.807) is 12.1 Å². The number of aryl methyl sites for hydroxylation is 2. The molecule has 0 saturated heterocycles. The number of nitrogens with one attached hydrogen (secondary N) is 1. The summed E-state index contributed by atoms with van der Waals surface area (Å²) < 4.78 is 40.8. The lowest BCUT2D eigenvalue weighted by Gasteiger charge is -2.34. The number of benzene rings is 4. The molecule has 10 heteroatoms. The average Bonchev–Trinajstić information content (AvgIpc) is 3.08. The topological polar surface area (TPSA) is 105 Å². The van der Waals surface area contributed by atoms with Gasteiger partial charge in [0, 0.05) is 25.6 Å². The number of anilines is 1. The van der Waals surface area contributed by atoms with E-state index in [0.29, 0.717) is 18.0 Å². The smallest absolute Gasteiger partial charge is 0.264 e. The van der Waals surface area contributed by atoms with Crippen LogP contribution in [0.5, 0.6) is 11.5 Å². The number of unbranched alkanes of at least 4 members (excludes halogenated alkanes) is 1. The molecule has 4 aromatic rings. The number of sulfonamides is 1. The number of rotatable bonds is 16. The number of carbonyl (C=O) groups excluding carboxylic acids is 2. The van der Waals surface area contributed by atoms with Crippen LogP contribution in [0.15, 0.2) is 102 Å². The van der Waals surface area contributed by atoms with Crippen molar-refractivity contribution in [3.05, 3.63) is 119 Å². The van der Waals surface area contributed by atoms with Gasteiger partial charge in [0.15, 0.2) is 11.5 Å². The van der Waals surface area contributed by atoms with Crippen LogP contribution in [-0.4, -0.2) is 58.5 Å². The molecule has 1 atom stereocenters. The third kappa shape index (κ3) is 9.16. The Hall–Kier alpha value is -4.83. The molecule has 48 heavy (non-hydrogen) atoms. The first kappa shape index (κ1) is 36.0. The normalized spacial score (nSPS) is 11.8. The number of carbonyl (C=O) groups is 2. The zero-order chi connectivity index (χ0) is 34.7. The summed E-state index contributed by atoms with van der Waals surface area (Å²) in [5.41, 5.74) is 3.70. The first-order valence-electron chi connectivity index (χ1n) is 16.1. The van der Waals surface area contributed by atoms with Gasteiger partial charge in [-0.05, 0) is 66.8 Å². The van der Waals surface area contributed by atoms with Gasteiger partial charge in [-0.25, -0.2) is 8.42 Å². The van der Waals surface area contributed by atoms with Gasteiger partial charge in [0.2, 0.25) is 11.8 Å². The maximum absolute atomic E-state index is 14.7. The van der Waals surface area contributed by atoms with Crippen molar-refractivity contribution in [3.8, 4) is 11.5 Å². The van der Waals surface area contributed by atoms with Crippen molar-refractivity contribution in [2.24, 2.45) is 0 Å². The SMILES string of the molecule is CCCCNC(=O)[C@H](Cc1ccccc1)N(Cc1ccccc1)C(=O)CN(c1cc(C)cc(C)c1)S(=O)(=O)c1ccc(OC)c(OC)c1. The van der Waals surface area contributed by atoms with Crippen molar-refractivity contribution in [2.75, 3.05) is 31.6 Å². The van der Waals surface area contributed by atoms with Crippen molar-refractivity contribution in [3.63, 3.8) is 0 Å². The Bertz CT molecular complexity index is 1760. The number of nitrogens with zero attached hydrogens (tertiary/aromatic N) is 2. The number of hydrogen-bond acceptors (Lipinski definition) is 6. The van der Waals surface area contributed by atoms with E-state index < -0.39 is 28.5 Å². The lowest BCUT2D eigenvalue weighted by atomic mass is 10.0. The van der Waals surface area contributed by atoms with Gasteiger partial charge in [-0.2, -0.15) is 0 Å². The van der Waals surface area contributed by atoms with Crippen molar-refractivity contribution < 1.29 is 27.5 Å². The Balaban J connectivity index is 1.83. The fourth-order valence-electron chi connectivity index (χ4n) is 5.57. The van der Waals surface area contributed by atoms with E-state index in [4.69, 9.17) is 9.47 Å². The minimum Gasteiger partial charge on any atom is -0.493 e. The number of amides is 2. The van der Waals surface area contributed by atoms with Crippen LogP contribution >= 0.6 is 0 Å². The Labute approximate surface area is 284 Å². The molecule has 4 rings (SSSR count). The molecule has 0 heterocycles. The van der Waals surface area contributed by atoms with Crippen LogP contribution in [0.3, 0.4) is 0 Å². The van der Waals surface area contributed by atoms with Gasteiger partial charge in [0.25, 0.3) is 10.0 Å².